The van der Waals surface area contributed by atoms with E-state index in [2.05, 4.69) is 4.98 Å². The van der Waals surface area contributed by atoms with Crippen molar-refractivity contribution in [2.75, 3.05) is 0 Å². The van der Waals surface area contributed by atoms with Crippen molar-refractivity contribution >= 4 is 22.7 Å². The minimum Gasteiger partial charge on any atom is -0.507 e. The summed E-state index contributed by atoms with van der Waals surface area (Å²) in [5, 5.41) is 20.8. The maximum absolute atomic E-state index is 9.53. The molecule has 3 nitrogen and oxygen atoms in total. The van der Waals surface area contributed by atoms with Crippen LogP contribution >= 0.6 is 11.8 Å². The average Bonchev–Trinajstić information content (AvgIpc) is 2.23. The van der Waals surface area contributed by atoms with Crippen LogP contribution in [0.1, 0.15) is 0 Å². The van der Waals surface area contributed by atoms with Crippen LogP contribution in [0.3, 0.4) is 0 Å². The first kappa shape index (κ1) is 8.85. The van der Waals surface area contributed by atoms with E-state index in [0.717, 1.165) is 16.7 Å². The van der Waals surface area contributed by atoms with Crippen molar-refractivity contribution in [3.63, 3.8) is 0 Å². The van der Waals surface area contributed by atoms with Gasteiger partial charge in [-0.2, -0.15) is 5.26 Å². The van der Waals surface area contributed by atoms with Crippen LogP contribution in [0.15, 0.2) is 35.4 Å². The summed E-state index contributed by atoms with van der Waals surface area (Å²) in [6.45, 7) is 0. The smallest absolute Gasteiger partial charge is 0.138 e. The summed E-state index contributed by atoms with van der Waals surface area (Å²) in [6, 6.07) is 6.80. The molecule has 0 unspecified atom stereocenters. The Kier molecular flexibility index (Phi) is 2.25. The van der Waals surface area contributed by atoms with Crippen molar-refractivity contribution in [3.05, 3.63) is 30.5 Å². The number of hydrogen-bond acceptors (Lipinski definition) is 4. The lowest BCUT2D eigenvalue weighted by molar-refractivity contribution is 0.481. The fourth-order valence-electron chi connectivity index (χ4n) is 1.26. The molecule has 0 aliphatic heterocycles. The van der Waals surface area contributed by atoms with Crippen LogP contribution in [0.25, 0.3) is 10.9 Å². The Hall–Kier alpha value is -1.73. The van der Waals surface area contributed by atoms with Gasteiger partial charge in [0.25, 0.3) is 0 Å². The molecule has 0 spiro atoms. The van der Waals surface area contributed by atoms with Crippen LogP contribution in [0, 0.1) is 10.7 Å². The van der Waals surface area contributed by atoms with Crippen LogP contribution in [-0.4, -0.2) is 10.1 Å². The zero-order chi connectivity index (χ0) is 9.97. The van der Waals surface area contributed by atoms with Crippen LogP contribution in [0.2, 0.25) is 0 Å². The highest BCUT2D eigenvalue weighted by Gasteiger charge is 2.05. The van der Waals surface area contributed by atoms with E-state index in [1.54, 1.807) is 30.5 Å². The predicted octanol–water partition coefficient (Wildman–Crippen LogP) is 2.51. The third kappa shape index (κ3) is 1.38. The normalized spacial score (nSPS) is 9.93. The summed E-state index contributed by atoms with van der Waals surface area (Å²) in [4.78, 5) is 4.89. The highest BCUT2D eigenvalue weighted by Crippen LogP contribution is 2.30. The maximum Gasteiger partial charge on any atom is 0.138 e. The molecule has 68 valence electrons. The molecular formula is C10H6N2OS. The standard InChI is InChI=1S/C10H6N2OS/c11-6-14-9-4-3-8(13)7-2-1-5-12-10(7)9/h1-5,13H. The number of phenolic OH excluding ortho intramolecular Hbond substituents is 1. The van der Waals surface area contributed by atoms with E-state index in [1.807, 2.05) is 5.40 Å². The molecule has 0 saturated carbocycles. The van der Waals surface area contributed by atoms with Gasteiger partial charge >= 0.3 is 0 Å². The number of hydrogen-bond donors (Lipinski definition) is 1. The molecule has 2 rings (SSSR count). The van der Waals surface area contributed by atoms with Crippen molar-refractivity contribution in [1.82, 2.24) is 4.98 Å². The maximum atomic E-state index is 9.53. The number of pyridine rings is 1. The van der Waals surface area contributed by atoms with E-state index in [-0.39, 0.29) is 5.75 Å². The fourth-order valence-corrected chi connectivity index (χ4v) is 1.76. The molecule has 4 heteroatoms. The molecule has 1 aromatic carbocycles. The Balaban J connectivity index is 2.76. The van der Waals surface area contributed by atoms with Gasteiger partial charge in [-0.25, -0.2) is 0 Å². The third-order valence-electron chi connectivity index (χ3n) is 1.87. The van der Waals surface area contributed by atoms with E-state index in [9.17, 15) is 5.11 Å². The van der Waals surface area contributed by atoms with E-state index in [4.69, 9.17) is 5.26 Å². The number of rotatable bonds is 1. The first-order chi connectivity index (χ1) is 6.83. The molecule has 14 heavy (non-hydrogen) atoms. The lowest BCUT2D eigenvalue weighted by Crippen LogP contribution is -1.81. The SMILES string of the molecule is N#CSc1ccc(O)c2cccnc12. The quantitative estimate of drug-likeness (QED) is 0.570. The Morgan fingerprint density at radius 1 is 1.36 bits per heavy atom. The number of thiocyanates is 1. The lowest BCUT2D eigenvalue weighted by Gasteiger charge is -2.02. The van der Waals surface area contributed by atoms with Gasteiger partial charge in [0.15, 0.2) is 0 Å². The first-order valence-electron chi connectivity index (χ1n) is 3.95. The van der Waals surface area contributed by atoms with Crippen molar-refractivity contribution in [3.8, 4) is 11.2 Å². The Morgan fingerprint density at radius 3 is 3.00 bits per heavy atom. The number of nitrogens with zero attached hydrogens (tertiary/aromatic N) is 2. The predicted molar refractivity (Wildman–Crippen MR) is 54.9 cm³/mol. The summed E-state index contributed by atoms with van der Waals surface area (Å²) >= 11 is 1.05. The van der Waals surface area contributed by atoms with E-state index >= 15 is 0 Å². The zero-order valence-electron chi connectivity index (χ0n) is 7.14. The second kappa shape index (κ2) is 3.56. The van der Waals surface area contributed by atoms with Crippen LogP contribution in [0.5, 0.6) is 5.75 Å². The topological polar surface area (TPSA) is 56.9 Å². The summed E-state index contributed by atoms with van der Waals surface area (Å²) in [7, 11) is 0. The molecule has 1 aromatic heterocycles. The van der Waals surface area contributed by atoms with Crippen molar-refractivity contribution in [2.24, 2.45) is 0 Å². The number of nitriles is 1. The van der Waals surface area contributed by atoms with E-state index in [0.29, 0.717) is 10.9 Å². The minimum atomic E-state index is 0.190. The number of aromatic hydroxyl groups is 1. The van der Waals surface area contributed by atoms with Gasteiger partial charge < -0.3 is 5.11 Å². The fraction of sp³-hybridized carbons (Fsp3) is 0. The molecule has 0 atom stereocenters. The van der Waals surface area contributed by atoms with Gasteiger partial charge in [0.2, 0.25) is 0 Å². The number of thioether (sulfide) groups is 1. The second-order valence-electron chi connectivity index (χ2n) is 2.68. The molecule has 0 radical (unpaired) electrons. The molecule has 0 aliphatic rings. The Bertz CT molecular complexity index is 519. The van der Waals surface area contributed by atoms with E-state index < -0.39 is 0 Å². The Labute approximate surface area is 85.0 Å². The van der Waals surface area contributed by atoms with Crippen molar-refractivity contribution in [2.45, 2.75) is 4.90 Å². The molecule has 0 fully saturated rings. The van der Waals surface area contributed by atoms with Crippen LogP contribution in [0.4, 0.5) is 0 Å². The number of aromatic nitrogens is 1. The van der Waals surface area contributed by atoms with E-state index in [1.165, 1.54) is 0 Å². The molecular weight excluding hydrogens is 196 g/mol. The highest BCUT2D eigenvalue weighted by molar-refractivity contribution is 8.04. The van der Waals surface area contributed by atoms with Gasteiger partial charge in [-0.1, -0.05) is 0 Å². The van der Waals surface area contributed by atoms with Gasteiger partial charge in [-0.05, 0) is 36.0 Å². The summed E-state index contributed by atoms with van der Waals surface area (Å²) in [5.74, 6) is 0.190. The number of phenols is 1. The average molecular weight is 202 g/mol. The lowest BCUT2D eigenvalue weighted by atomic mass is 10.2. The van der Waals surface area contributed by atoms with Crippen LogP contribution in [-0.2, 0) is 0 Å². The molecule has 0 bridgehead atoms. The minimum absolute atomic E-state index is 0.190. The van der Waals surface area contributed by atoms with Gasteiger partial charge in [0, 0.05) is 16.5 Å². The van der Waals surface area contributed by atoms with Gasteiger partial charge in [0.1, 0.15) is 11.2 Å². The summed E-state index contributed by atoms with van der Waals surface area (Å²) in [5.41, 5.74) is 0.666. The molecule has 2 aromatic rings. The molecule has 1 heterocycles. The zero-order valence-corrected chi connectivity index (χ0v) is 7.95. The summed E-state index contributed by atoms with van der Waals surface area (Å²) in [6.07, 6.45) is 1.64. The van der Waals surface area contributed by atoms with Gasteiger partial charge in [-0.3, -0.25) is 4.98 Å². The van der Waals surface area contributed by atoms with Gasteiger partial charge in [-0.15, -0.1) is 0 Å². The van der Waals surface area contributed by atoms with Crippen molar-refractivity contribution in [1.29, 1.82) is 5.26 Å². The third-order valence-corrected chi connectivity index (χ3v) is 2.51. The molecule has 0 aliphatic carbocycles. The van der Waals surface area contributed by atoms with Crippen LogP contribution < -0.4 is 0 Å². The number of fused-ring (bicyclic) bond motifs is 1. The monoisotopic (exact) mass is 202 g/mol. The molecule has 1 N–H and O–H groups in total. The summed E-state index contributed by atoms with van der Waals surface area (Å²) < 4.78 is 0. The molecule has 0 amide bonds. The Morgan fingerprint density at radius 2 is 2.21 bits per heavy atom. The molecule has 0 saturated heterocycles. The number of benzene rings is 1. The van der Waals surface area contributed by atoms with Crippen molar-refractivity contribution < 1.29 is 5.11 Å². The second-order valence-corrected chi connectivity index (χ2v) is 3.50. The highest BCUT2D eigenvalue weighted by atomic mass is 32.2. The van der Waals surface area contributed by atoms with Gasteiger partial charge in [0.05, 0.1) is 5.52 Å². The largest absolute Gasteiger partial charge is 0.507 e. The first-order valence-corrected chi connectivity index (χ1v) is 4.77.